The lowest BCUT2D eigenvalue weighted by Gasteiger charge is -2.18. The quantitative estimate of drug-likeness (QED) is 0.267. The van der Waals surface area contributed by atoms with Crippen LogP contribution < -0.4 is 0 Å². The van der Waals surface area contributed by atoms with Crippen LogP contribution in [0.2, 0.25) is 0 Å². The molecule has 5 heteroatoms. The average molecular weight is 344 g/mol. The monoisotopic (exact) mass is 344 g/mol. The van der Waals surface area contributed by atoms with E-state index < -0.39 is 7.60 Å². The van der Waals surface area contributed by atoms with Crippen LogP contribution in [0.3, 0.4) is 0 Å². The number of fused-ring (bicyclic) bond motifs is 2. The Morgan fingerprint density at radius 1 is 1.00 bits per heavy atom. The highest BCUT2D eigenvalue weighted by atomic mass is 31.2. The Hall–Kier alpha value is -0.150. The lowest BCUT2D eigenvalue weighted by atomic mass is 9.95. The van der Waals surface area contributed by atoms with Gasteiger partial charge < -0.3 is 13.8 Å². The predicted octanol–water partition coefficient (Wildman–Crippen LogP) is 5.04. The van der Waals surface area contributed by atoms with Crippen LogP contribution in [-0.2, 0) is 18.3 Å². The van der Waals surface area contributed by atoms with E-state index in [9.17, 15) is 4.57 Å². The van der Waals surface area contributed by atoms with Crippen molar-refractivity contribution in [3.05, 3.63) is 12.2 Å². The maximum Gasteiger partial charge on any atom is 0.330 e. The smallest absolute Gasteiger partial charge is 0.330 e. The van der Waals surface area contributed by atoms with Gasteiger partial charge in [0, 0.05) is 13.2 Å². The fourth-order valence-electron chi connectivity index (χ4n) is 3.74. The Morgan fingerprint density at radius 2 is 1.74 bits per heavy atom. The molecule has 0 amide bonds. The summed E-state index contributed by atoms with van der Waals surface area (Å²) < 4.78 is 28.7. The van der Waals surface area contributed by atoms with Crippen molar-refractivity contribution in [3.8, 4) is 0 Å². The summed E-state index contributed by atoms with van der Waals surface area (Å²) in [6, 6.07) is 0. The maximum atomic E-state index is 12.3. The molecule has 2 bridgehead atoms. The van der Waals surface area contributed by atoms with Gasteiger partial charge in [-0.05, 0) is 57.3 Å². The van der Waals surface area contributed by atoms with Crippen molar-refractivity contribution in [1.82, 2.24) is 0 Å². The minimum absolute atomic E-state index is 0.448. The molecule has 0 N–H and O–H groups in total. The van der Waals surface area contributed by atoms with Gasteiger partial charge in [-0.25, -0.2) is 0 Å². The lowest BCUT2D eigenvalue weighted by Crippen LogP contribution is -2.14. The van der Waals surface area contributed by atoms with Crippen molar-refractivity contribution < 1.29 is 18.3 Å². The fourth-order valence-corrected chi connectivity index (χ4v) is 5.47. The second-order valence-electron chi connectivity index (χ2n) is 6.70. The van der Waals surface area contributed by atoms with Crippen molar-refractivity contribution in [2.24, 2.45) is 17.8 Å². The van der Waals surface area contributed by atoms with Gasteiger partial charge >= 0.3 is 7.60 Å². The van der Waals surface area contributed by atoms with Crippen LogP contribution >= 0.6 is 7.60 Å². The van der Waals surface area contributed by atoms with Crippen LogP contribution in [0.15, 0.2) is 12.2 Å². The first kappa shape index (κ1) is 19.2. The molecule has 2 aliphatic carbocycles. The van der Waals surface area contributed by atoms with E-state index in [1.54, 1.807) is 0 Å². The minimum atomic E-state index is -2.84. The van der Waals surface area contributed by atoms with E-state index in [-0.39, 0.29) is 0 Å². The van der Waals surface area contributed by atoms with E-state index in [0.29, 0.717) is 19.4 Å². The summed E-state index contributed by atoms with van der Waals surface area (Å²) in [5.74, 6) is 2.37. The zero-order chi connectivity index (χ0) is 16.5. The molecule has 0 unspecified atom stereocenters. The highest BCUT2D eigenvalue weighted by Gasteiger charge is 2.35. The summed E-state index contributed by atoms with van der Waals surface area (Å²) in [4.78, 5) is 0. The molecule has 0 saturated heterocycles. The van der Waals surface area contributed by atoms with Gasteiger partial charge in [-0.2, -0.15) is 0 Å². The molecule has 2 rings (SSSR count). The molecule has 1 saturated carbocycles. The third-order valence-electron chi connectivity index (χ3n) is 4.87. The first-order valence-corrected chi connectivity index (χ1v) is 11.0. The van der Waals surface area contributed by atoms with Gasteiger partial charge in [0.15, 0.2) is 0 Å². The largest absolute Gasteiger partial charge is 0.381 e. The highest BCUT2D eigenvalue weighted by Crippen LogP contribution is 2.48. The van der Waals surface area contributed by atoms with Crippen molar-refractivity contribution in [2.45, 2.75) is 52.4 Å². The Labute approximate surface area is 141 Å². The van der Waals surface area contributed by atoms with Gasteiger partial charge in [-0.1, -0.05) is 25.0 Å². The number of hydrogen-bond acceptors (Lipinski definition) is 4. The standard InChI is InChI=1S/C18H33O4P/c1-3-21-23(19,22-4-2)12-8-6-5-7-11-20-15-18-14-16-9-10-17(18)13-16/h9-10,16-18H,3-8,11-15H2,1-2H3/t16-,17+,18-/m1/s1. The summed E-state index contributed by atoms with van der Waals surface area (Å²) in [6.07, 6.45) is 12.1. The van der Waals surface area contributed by atoms with Crippen LogP contribution in [0.5, 0.6) is 0 Å². The summed E-state index contributed by atoms with van der Waals surface area (Å²) >= 11 is 0. The molecule has 0 spiro atoms. The number of hydrogen-bond donors (Lipinski definition) is 0. The zero-order valence-electron chi connectivity index (χ0n) is 14.7. The first-order chi connectivity index (χ1) is 11.2. The van der Waals surface area contributed by atoms with Crippen LogP contribution in [0.1, 0.15) is 52.4 Å². The molecular formula is C18H33O4P. The van der Waals surface area contributed by atoms with Crippen molar-refractivity contribution in [3.63, 3.8) is 0 Å². The van der Waals surface area contributed by atoms with E-state index in [0.717, 1.165) is 56.7 Å². The van der Waals surface area contributed by atoms with Gasteiger partial charge in [0.2, 0.25) is 0 Å². The minimum Gasteiger partial charge on any atom is -0.381 e. The fraction of sp³-hybridized carbons (Fsp3) is 0.889. The molecule has 0 radical (unpaired) electrons. The highest BCUT2D eigenvalue weighted by molar-refractivity contribution is 7.53. The van der Waals surface area contributed by atoms with Crippen molar-refractivity contribution >= 4 is 7.60 Å². The van der Waals surface area contributed by atoms with Gasteiger partial charge in [-0.15, -0.1) is 0 Å². The van der Waals surface area contributed by atoms with Gasteiger partial charge in [0.25, 0.3) is 0 Å². The molecule has 0 aliphatic heterocycles. The Balaban J connectivity index is 1.45. The van der Waals surface area contributed by atoms with Crippen LogP contribution in [-0.4, -0.2) is 32.6 Å². The van der Waals surface area contributed by atoms with Crippen LogP contribution in [0.25, 0.3) is 0 Å². The van der Waals surface area contributed by atoms with Gasteiger partial charge in [0.1, 0.15) is 0 Å². The molecule has 0 heterocycles. The Morgan fingerprint density at radius 3 is 2.35 bits per heavy atom. The first-order valence-electron chi connectivity index (χ1n) is 9.31. The molecule has 0 aromatic carbocycles. The molecule has 134 valence electrons. The normalized spacial score (nSPS) is 26.3. The van der Waals surface area contributed by atoms with E-state index >= 15 is 0 Å². The SMILES string of the molecule is CCOP(=O)(CCCCCCOC[C@H]1C[C@@H]2C=C[C@H]1C2)OCC. The number of ether oxygens (including phenoxy) is 1. The predicted molar refractivity (Wildman–Crippen MR) is 93.9 cm³/mol. The topological polar surface area (TPSA) is 44.8 Å². The summed E-state index contributed by atoms with van der Waals surface area (Å²) in [7, 11) is -2.84. The third kappa shape index (κ3) is 6.34. The second-order valence-corrected chi connectivity index (χ2v) is 8.88. The third-order valence-corrected chi connectivity index (χ3v) is 7.04. The van der Waals surface area contributed by atoms with E-state index in [1.807, 2.05) is 13.8 Å². The van der Waals surface area contributed by atoms with Gasteiger partial charge in [-0.3, -0.25) is 4.57 Å². The molecule has 3 atom stereocenters. The molecule has 0 aromatic rings. The average Bonchev–Trinajstić information content (AvgIpc) is 3.13. The van der Waals surface area contributed by atoms with Crippen LogP contribution in [0, 0.1) is 17.8 Å². The maximum absolute atomic E-state index is 12.3. The summed E-state index contributed by atoms with van der Waals surface area (Å²) in [5.41, 5.74) is 0. The Bertz CT molecular complexity index is 400. The number of allylic oxidation sites excluding steroid dienone is 2. The number of unbranched alkanes of at least 4 members (excludes halogenated alkanes) is 3. The van der Waals surface area contributed by atoms with E-state index in [1.165, 1.54) is 12.8 Å². The Kier molecular flexibility index (Phi) is 8.32. The van der Waals surface area contributed by atoms with Crippen molar-refractivity contribution in [1.29, 1.82) is 0 Å². The molecule has 23 heavy (non-hydrogen) atoms. The molecular weight excluding hydrogens is 311 g/mol. The molecule has 4 nitrogen and oxygen atoms in total. The van der Waals surface area contributed by atoms with Crippen LogP contribution in [0.4, 0.5) is 0 Å². The van der Waals surface area contributed by atoms with E-state index in [4.69, 9.17) is 13.8 Å². The van der Waals surface area contributed by atoms with Crippen molar-refractivity contribution in [2.75, 3.05) is 32.6 Å². The number of rotatable bonds is 13. The summed E-state index contributed by atoms with van der Waals surface area (Å²) in [6.45, 7) is 6.39. The zero-order valence-corrected chi connectivity index (χ0v) is 15.6. The molecule has 1 fully saturated rings. The lowest BCUT2D eigenvalue weighted by molar-refractivity contribution is 0.0877. The summed E-state index contributed by atoms with van der Waals surface area (Å²) in [5, 5.41) is 0. The molecule has 2 aliphatic rings. The van der Waals surface area contributed by atoms with E-state index in [2.05, 4.69) is 12.2 Å². The van der Waals surface area contributed by atoms with Gasteiger partial charge in [0.05, 0.1) is 19.4 Å². The molecule has 0 aromatic heterocycles. The second kappa shape index (κ2) is 9.98.